The van der Waals surface area contributed by atoms with Crippen LogP contribution in [0.1, 0.15) is 23.7 Å². The van der Waals surface area contributed by atoms with Crippen molar-refractivity contribution in [2.75, 3.05) is 5.32 Å². The van der Waals surface area contributed by atoms with E-state index < -0.39 is 0 Å². The number of hydrogen-bond donors (Lipinski definition) is 1. The average molecular weight is 281 g/mol. The van der Waals surface area contributed by atoms with Gasteiger partial charge in [-0.25, -0.2) is 4.98 Å². The molecule has 4 rings (SSSR count). The van der Waals surface area contributed by atoms with E-state index in [1.165, 1.54) is 0 Å². The molecule has 21 heavy (non-hydrogen) atoms. The molecular formula is C15H15N5O. The molecule has 3 aromatic rings. The minimum atomic E-state index is -0.0557. The summed E-state index contributed by atoms with van der Waals surface area (Å²) in [5.74, 6) is 1.62. The maximum Gasteiger partial charge on any atom is 0.226 e. The number of nitrogens with zero attached hydrogens (tertiary/aromatic N) is 4. The predicted molar refractivity (Wildman–Crippen MR) is 79.0 cm³/mol. The minimum absolute atomic E-state index is 0.00292. The Morgan fingerprint density at radius 2 is 2.10 bits per heavy atom. The van der Waals surface area contributed by atoms with Gasteiger partial charge >= 0.3 is 0 Å². The molecule has 106 valence electrons. The largest absolute Gasteiger partial charge is 0.331 e. The molecular weight excluding hydrogens is 266 g/mol. The summed E-state index contributed by atoms with van der Waals surface area (Å²) >= 11 is 0. The Kier molecular flexibility index (Phi) is 2.42. The van der Waals surface area contributed by atoms with Crippen LogP contribution in [-0.2, 0) is 18.9 Å². The molecule has 2 aromatic heterocycles. The number of anilines is 1. The first-order valence-corrected chi connectivity index (χ1v) is 6.88. The van der Waals surface area contributed by atoms with Crippen LogP contribution in [0.3, 0.4) is 0 Å². The zero-order valence-corrected chi connectivity index (χ0v) is 11.9. The van der Waals surface area contributed by atoms with Crippen molar-refractivity contribution in [3.8, 4) is 0 Å². The van der Waals surface area contributed by atoms with Gasteiger partial charge in [0.2, 0.25) is 5.91 Å². The lowest BCUT2D eigenvalue weighted by Crippen LogP contribution is -2.25. The Balaban J connectivity index is 1.92. The molecule has 0 fully saturated rings. The molecule has 0 bridgehead atoms. The third kappa shape index (κ3) is 1.68. The third-order valence-electron chi connectivity index (χ3n) is 4.12. The van der Waals surface area contributed by atoms with E-state index in [9.17, 15) is 4.79 Å². The number of fused-ring (bicyclic) bond motifs is 2. The van der Waals surface area contributed by atoms with E-state index in [0.717, 1.165) is 28.2 Å². The fraction of sp³-hybridized carbons (Fsp3) is 0.267. The predicted octanol–water partition coefficient (Wildman–Crippen LogP) is 1.78. The van der Waals surface area contributed by atoms with Gasteiger partial charge in [0.25, 0.3) is 0 Å². The van der Waals surface area contributed by atoms with Crippen molar-refractivity contribution in [1.82, 2.24) is 19.3 Å². The molecule has 1 atom stereocenters. The Hall–Kier alpha value is -2.63. The highest BCUT2D eigenvalue weighted by atomic mass is 16.1. The molecule has 1 amide bonds. The third-order valence-corrected chi connectivity index (χ3v) is 4.12. The number of nitrogens with one attached hydrogen (secondary N) is 1. The van der Waals surface area contributed by atoms with E-state index in [4.69, 9.17) is 4.98 Å². The SMILES string of the molecule is Cn1ncc2c1NC(=O)CC2c1nc2ccccc2n1C. The summed E-state index contributed by atoms with van der Waals surface area (Å²) in [7, 11) is 3.82. The van der Waals surface area contributed by atoms with Crippen LogP contribution in [-0.4, -0.2) is 25.2 Å². The smallest absolute Gasteiger partial charge is 0.226 e. The van der Waals surface area contributed by atoms with Crippen LogP contribution in [0, 0.1) is 0 Å². The Labute approximate surface area is 121 Å². The van der Waals surface area contributed by atoms with E-state index in [-0.39, 0.29) is 11.8 Å². The fourth-order valence-corrected chi connectivity index (χ4v) is 3.05. The number of rotatable bonds is 1. The van der Waals surface area contributed by atoms with Crippen LogP contribution in [0.4, 0.5) is 5.82 Å². The zero-order chi connectivity index (χ0) is 14.6. The highest BCUT2D eigenvalue weighted by molar-refractivity contribution is 5.94. The van der Waals surface area contributed by atoms with Crippen molar-refractivity contribution in [3.63, 3.8) is 0 Å². The molecule has 0 saturated carbocycles. The van der Waals surface area contributed by atoms with Crippen LogP contribution < -0.4 is 5.32 Å². The Morgan fingerprint density at radius 1 is 1.29 bits per heavy atom. The maximum absolute atomic E-state index is 12.0. The topological polar surface area (TPSA) is 64.7 Å². The van der Waals surface area contributed by atoms with Crippen molar-refractivity contribution in [2.24, 2.45) is 14.1 Å². The number of carbonyl (C=O) groups excluding carboxylic acids is 1. The van der Waals surface area contributed by atoms with Gasteiger partial charge in [0.15, 0.2) is 0 Å². The second-order valence-corrected chi connectivity index (χ2v) is 5.39. The fourth-order valence-electron chi connectivity index (χ4n) is 3.05. The summed E-state index contributed by atoms with van der Waals surface area (Å²) in [6.45, 7) is 0. The first-order valence-electron chi connectivity index (χ1n) is 6.88. The van der Waals surface area contributed by atoms with Gasteiger partial charge in [0.05, 0.1) is 23.1 Å². The van der Waals surface area contributed by atoms with Crippen molar-refractivity contribution >= 4 is 22.8 Å². The average Bonchev–Trinajstić information content (AvgIpc) is 3.01. The molecule has 1 unspecified atom stereocenters. The molecule has 6 heteroatoms. The first-order chi connectivity index (χ1) is 10.1. The quantitative estimate of drug-likeness (QED) is 0.739. The standard InChI is InChI=1S/C15H15N5O/c1-19-12-6-4-3-5-11(12)17-14(19)9-7-13(21)18-15-10(9)8-16-20(15)2/h3-6,8-9H,7H2,1-2H3,(H,18,21). The molecule has 0 aliphatic carbocycles. The second kappa shape index (κ2) is 4.18. The Morgan fingerprint density at radius 3 is 2.90 bits per heavy atom. The number of aromatic nitrogens is 4. The number of carbonyl (C=O) groups is 1. The van der Waals surface area contributed by atoms with E-state index >= 15 is 0 Å². The first kappa shape index (κ1) is 12.1. The zero-order valence-electron chi connectivity index (χ0n) is 11.9. The molecule has 1 aromatic carbocycles. The van der Waals surface area contributed by atoms with Crippen LogP contribution in [0.25, 0.3) is 11.0 Å². The van der Waals surface area contributed by atoms with Crippen LogP contribution in [0.2, 0.25) is 0 Å². The number of hydrogen-bond acceptors (Lipinski definition) is 3. The maximum atomic E-state index is 12.0. The van der Waals surface area contributed by atoms with Gasteiger partial charge in [-0.2, -0.15) is 5.10 Å². The lowest BCUT2D eigenvalue weighted by Gasteiger charge is -2.22. The van der Waals surface area contributed by atoms with Crippen molar-refractivity contribution in [2.45, 2.75) is 12.3 Å². The molecule has 1 aliphatic heterocycles. The van der Waals surface area contributed by atoms with E-state index in [2.05, 4.69) is 15.0 Å². The molecule has 6 nitrogen and oxygen atoms in total. The molecule has 3 heterocycles. The molecule has 0 spiro atoms. The van der Waals surface area contributed by atoms with Gasteiger partial charge in [0.1, 0.15) is 11.6 Å². The molecule has 1 N–H and O–H groups in total. The van der Waals surface area contributed by atoms with Crippen LogP contribution >= 0.6 is 0 Å². The molecule has 0 radical (unpaired) electrons. The van der Waals surface area contributed by atoms with Crippen molar-refractivity contribution < 1.29 is 4.79 Å². The Bertz CT molecular complexity index is 860. The van der Waals surface area contributed by atoms with E-state index in [1.807, 2.05) is 44.6 Å². The van der Waals surface area contributed by atoms with Gasteiger partial charge in [-0.3, -0.25) is 9.48 Å². The van der Waals surface area contributed by atoms with Crippen molar-refractivity contribution in [1.29, 1.82) is 0 Å². The van der Waals surface area contributed by atoms with Crippen LogP contribution in [0.5, 0.6) is 0 Å². The van der Waals surface area contributed by atoms with Gasteiger partial charge in [-0.15, -0.1) is 0 Å². The lowest BCUT2D eigenvalue weighted by molar-refractivity contribution is -0.116. The monoisotopic (exact) mass is 281 g/mol. The second-order valence-electron chi connectivity index (χ2n) is 5.39. The van der Waals surface area contributed by atoms with E-state index in [1.54, 1.807) is 4.68 Å². The van der Waals surface area contributed by atoms with Gasteiger partial charge in [-0.1, -0.05) is 12.1 Å². The van der Waals surface area contributed by atoms with Gasteiger partial charge < -0.3 is 9.88 Å². The van der Waals surface area contributed by atoms with Crippen molar-refractivity contribution in [3.05, 3.63) is 41.9 Å². The van der Waals surface area contributed by atoms with Crippen LogP contribution in [0.15, 0.2) is 30.5 Å². The summed E-state index contributed by atoms with van der Waals surface area (Å²) in [4.78, 5) is 16.7. The summed E-state index contributed by atoms with van der Waals surface area (Å²) < 4.78 is 3.76. The number of imidazole rings is 1. The summed E-state index contributed by atoms with van der Waals surface area (Å²) in [5, 5.41) is 7.14. The lowest BCUT2D eigenvalue weighted by atomic mass is 9.93. The number of benzene rings is 1. The summed E-state index contributed by atoms with van der Waals surface area (Å²) in [5.41, 5.74) is 3.05. The molecule has 1 aliphatic rings. The summed E-state index contributed by atoms with van der Waals surface area (Å²) in [6.07, 6.45) is 2.22. The van der Waals surface area contributed by atoms with Gasteiger partial charge in [-0.05, 0) is 12.1 Å². The number of aryl methyl sites for hydroxylation is 2. The normalized spacial score (nSPS) is 17.8. The minimum Gasteiger partial charge on any atom is -0.331 e. The van der Waals surface area contributed by atoms with E-state index in [0.29, 0.717) is 6.42 Å². The number of amides is 1. The summed E-state index contributed by atoms with van der Waals surface area (Å²) in [6, 6.07) is 8.00. The van der Waals surface area contributed by atoms with Gasteiger partial charge in [0, 0.05) is 26.1 Å². The highest BCUT2D eigenvalue weighted by Crippen LogP contribution is 2.36. The molecule has 0 saturated heterocycles. The highest BCUT2D eigenvalue weighted by Gasteiger charge is 2.32. The number of para-hydroxylation sites is 2.